The van der Waals surface area contributed by atoms with E-state index in [0.717, 1.165) is 65.7 Å². The van der Waals surface area contributed by atoms with E-state index in [1.165, 1.54) is 12.1 Å². The van der Waals surface area contributed by atoms with Gasteiger partial charge in [-0.25, -0.2) is 14.2 Å². The molecule has 2 unspecified atom stereocenters. The van der Waals surface area contributed by atoms with Crippen molar-refractivity contribution in [3.8, 4) is 28.1 Å². The van der Waals surface area contributed by atoms with Crippen molar-refractivity contribution in [1.82, 2.24) is 9.38 Å². The number of halogens is 1. The molecule has 3 aliphatic rings. The van der Waals surface area contributed by atoms with Gasteiger partial charge in [-0.15, -0.1) is 0 Å². The van der Waals surface area contributed by atoms with Crippen LogP contribution < -0.4 is 9.64 Å². The molecule has 45 heavy (non-hydrogen) atoms. The molecule has 4 aromatic rings. The molecule has 2 atom stereocenters. The van der Waals surface area contributed by atoms with Crippen molar-refractivity contribution in [2.45, 2.75) is 77.6 Å². The number of rotatable bonds is 3. The molecule has 3 aliphatic heterocycles. The molecule has 0 spiro atoms. The number of ether oxygens (including phenoxy) is 3. The van der Waals surface area contributed by atoms with E-state index in [2.05, 4.69) is 11.8 Å². The van der Waals surface area contributed by atoms with Crippen LogP contribution in [-0.2, 0) is 14.3 Å². The van der Waals surface area contributed by atoms with Crippen molar-refractivity contribution in [3.05, 3.63) is 71.8 Å². The molecule has 8 nitrogen and oxygen atoms in total. The van der Waals surface area contributed by atoms with Crippen LogP contribution in [0.3, 0.4) is 0 Å². The minimum absolute atomic E-state index is 0.0857. The molecule has 0 aliphatic carbocycles. The van der Waals surface area contributed by atoms with Crippen molar-refractivity contribution < 1.29 is 28.5 Å². The minimum Gasteiger partial charge on any atom is -0.490 e. The third-order valence-electron chi connectivity index (χ3n) is 9.07. The summed E-state index contributed by atoms with van der Waals surface area (Å²) >= 11 is 0. The lowest BCUT2D eigenvalue weighted by Crippen LogP contribution is -2.45. The lowest BCUT2D eigenvalue weighted by Gasteiger charge is -2.41. The summed E-state index contributed by atoms with van der Waals surface area (Å²) in [5.41, 5.74) is 5.69. The molecule has 1 N–H and O–H groups in total. The number of benzene rings is 2. The number of anilines is 1. The molecular formula is C36H42FN3O5. The van der Waals surface area contributed by atoms with Crippen LogP contribution in [0.5, 0.6) is 5.75 Å². The Kier molecular flexibility index (Phi) is 8.84. The van der Waals surface area contributed by atoms with Crippen LogP contribution in [0.15, 0.2) is 54.9 Å². The number of nitrogens with zero attached hydrogens (tertiary/aromatic N) is 3. The Bertz CT molecular complexity index is 1690. The maximum atomic E-state index is 14.4. The summed E-state index contributed by atoms with van der Waals surface area (Å²) in [7, 11) is 0. The van der Waals surface area contributed by atoms with E-state index in [0.29, 0.717) is 36.7 Å². The highest BCUT2D eigenvalue weighted by Crippen LogP contribution is 2.40. The van der Waals surface area contributed by atoms with E-state index in [4.69, 9.17) is 19.2 Å². The first-order valence-electron chi connectivity index (χ1n) is 16.0. The number of aromatic nitrogens is 2. The summed E-state index contributed by atoms with van der Waals surface area (Å²) in [6, 6.07) is 12.7. The normalized spacial score (nSPS) is 21.3. The van der Waals surface area contributed by atoms with Crippen molar-refractivity contribution in [1.29, 1.82) is 0 Å². The number of fused-ring (bicyclic) bond motifs is 8. The van der Waals surface area contributed by atoms with E-state index in [1.54, 1.807) is 13.0 Å². The molecule has 0 radical (unpaired) electrons. The SMILES string of the molecule is CCOC(=O)C(O)c1c(C)cn2cc3nc2c1N1CCC(C)(CC1)OCCCCC(C)Oc1cc(F)ccc1-c1cccc-3c1. The summed E-state index contributed by atoms with van der Waals surface area (Å²) in [5, 5.41) is 11.3. The Labute approximate surface area is 263 Å². The highest BCUT2D eigenvalue weighted by molar-refractivity contribution is 5.86. The van der Waals surface area contributed by atoms with Crippen LogP contribution in [0.25, 0.3) is 28.0 Å². The number of aryl methyl sites for hydroxylation is 1. The molecule has 2 aromatic heterocycles. The van der Waals surface area contributed by atoms with Gasteiger partial charge in [0.15, 0.2) is 11.8 Å². The predicted octanol–water partition coefficient (Wildman–Crippen LogP) is 7.04. The number of carbonyl (C=O) groups excluding carboxylic acids is 1. The predicted molar refractivity (Wildman–Crippen MR) is 172 cm³/mol. The quantitative estimate of drug-likeness (QED) is 0.248. The average Bonchev–Trinajstić information content (AvgIpc) is 3.44. The van der Waals surface area contributed by atoms with Crippen molar-refractivity contribution in [2.24, 2.45) is 0 Å². The number of pyridine rings is 1. The first-order valence-corrected chi connectivity index (χ1v) is 16.0. The fourth-order valence-corrected chi connectivity index (χ4v) is 6.54. The van der Waals surface area contributed by atoms with E-state index in [-0.39, 0.29) is 24.1 Å². The number of aliphatic hydroxyl groups is 1. The zero-order valence-electron chi connectivity index (χ0n) is 26.5. The van der Waals surface area contributed by atoms with Gasteiger partial charge < -0.3 is 28.6 Å². The number of esters is 1. The van der Waals surface area contributed by atoms with E-state index in [9.17, 15) is 14.3 Å². The van der Waals surface area contributed by atoms with Crippen LogP contribution in [0.1, 0.15) is 70.1 Å². The van der Waals surface area contributed by atoms with Gasteiger partial charge in [0.25, 0.3) is 0 Å². The zero-order valence-corrected chi connectivity index (χ0v) is 26.5. The van der Waals surface area contributed by atoms with Gasteiger partial charge in [-0.05, 0) is 89.1 Å². The molecule has 0 saturated carbocycles. The molecule has 2 aromatic carbocycles. The van der Waals surface area contributed by atoms with Crippen LogP contribution in [-0.4, -0.2) is 58.5 Å². The monoisotopic (exact) mass is 615 g/mol. The number of piperidine rings is 1. The molecule has 238 valence electrons. The Morgan fingerprint density at radius 1 is 1.16 bits per heavy atom. The van der Waals surface area contributed by atoms with Gasteiger partial charge in [-0.3, -0.25) is 0 Å². The number of hydrogen-bond acceptors (Lipinski definition) is 7. The highest BCUT2D eigenvalue weighted by atomic mass is 19.1. The second-order valence-corrected chi connectivity index (χ2v) is 12.5. The van der Waals surface area contributed by atoms with Gasteiger partial charge in [0, 0.05) is 54.8 Å². The van der Waals surface area contributed by atoms with Crippen molar-refractivity contribution in [2.75, 3.05) is 31.2 Å². The van der Waals surface area contributed by atoms with Gasteiger partial charge in [0.05, 0.1) is 29.7 Å². The lowest BCUT2D eigenvalue weighted by molar-refractivity contribution is -0.153. The maximum Gasteiger partial charge on any atom is 0.339 e. The highest BCUT2D eigenvalue weighted by Gasteiger charge is 2.35. The largest absolute Gasteiger partial charge is 0.490 e. The number of imidazole rings is 1. The third kappa shape index (κ3) is 6.42. The summed E-state index contributed by atoms with van der Waals surface area (Å²) in [4.78, 5) is 20.2. The summed E-state index contributed by atoms with van der Waals surface area (Å²) in [5.74, 6) is -0.514. The molecule has 1 saturated heterocycles. The summed E-state index contributed by atoms with van der Waals surface area (Å²) < 4.78 is 34.4. The fourth-order valence-electron chi connectivity index (χ4n) is 6.54. The molecule has 9 heteroatoms. The van der Waals surface area contributed by atoms with E-state index in [1.807, 2.05) is 54.9 Å². The van der Waals surface area contributed by atoms with Gasteiger partial charge in [0.1, 0.15) is 11.6 Å². The van der Waals surface area contributed by atoms with Gasteiger partial charge in [-0.1, -0.05) is 18.2 Å². The lowest BCUT2D eigenvalue weighted by atomic mass is 9.91. The number of hydrogen-bond donors (Lipinski definition) is 1. The minimum atomic E-state index is -1.44. The van der Waals surface area contributed by atoms with E-state index < -0.39 is 12.1 Å². The topological polar surface area (TPSA) is 85.5 Å². The molecule has 1 fully saturated rings. The van der Waals surface area contributed by atoms with Crippen molar-refractivity contribution in [3.63, 3.8) is 0 Å². The van der Waals surface area contributed by atoms with Crippen LogP contribution in [0.4, 0.5) is 10.1 Å². The second-order valence-electron chi connectivity index (χ2n) is 12.5. The smallest absolute Gasteiger partial charge is 0.339 e. The van der Waals surface area contributed by atoms with Gasteiger partial charge >= 0.3 is 5.97 Å². The first kappa shape index (κ1) is 31.0. The summed E-state index contributed by atoms with van der Waals surface area (Å²) in [6.07, 6.45) is 6.58. The molecule has 6 bridgehead atoms. The third-order valence-corrected chi connectivity index (χ3v) is 9.07. The average molecular weight is 616 g/mol. The molecule has 0 amide bonds. The number of carbonyl (C=O) groups is 1. The Morgan fingerprint density at radius 2 is 1.93 bits per heavy atom. The molecule has 7 rings (SSSR count). The first-order chi connectivity index (χ1) is 21.7. The molecular weight excluding hydrogens is 573 g/mol. The second kappa shape index (κ2) is 12.8. The van der Waals surface area contributed by atoms with Crippen molar-refractivity contribution >= 4 is 17.3 Å². The van der Waals surface area contributed by atoms with Gasteiger partial charge in [0.2, 0.25) is 0 Å². The summed E-state index contributed by atoms with van der Waals surface area (Å²) in [6.45, 7) is 10.0. The fraction of sp³-hybridized carbons (Fsp3) is 0.444. The maximum absolute atomic E-state index is 14.4. The van der Waals surface area contributed by atoms with Crippen LogP contribution in [0, 0.1) is 12.7 Å². The Morgan fingerprint density at radius 3 is 2.71 bits per heavy atom. The number of aliphatic hydroxyl groups excluding tert-OH is 1. The Hall–Kier alpha value is -3.95. The Balaban J connectivity index is 1.50. The molecule has 5 heterocycles. The van der Waals surface area contributed by atoms with Gasteiger partial charge in [-0.2, -0.15) is 0 Å². The standard InChI is InChI=1S/C36H42FN3O5/c1-5-43-35(42)33(41)31-23(2)21-40-22-29-26-11-8-10-25(19-26)28-13-12-27(37)20-30(28)45-24(3)9-6-7-18-44-36(4)14-16-39(17-15-36)32(31)34(40)38-29/h8,10-13,19-22,24,33,41H,5-7,9,14-18H2,1-4H3. The van der Waals surface area contributed by atoms with Crippen LogP contribution in [0.2, 0.25) is 0 Å². The zero-order chi connectivity index (χ0) is 31.7. The van der Waals surface area contributed by atoms with E-state index >= 15 is 0 Å². The van der Waals surface area contributed by atoms with Crippen LogP contribution >= 0.6 is 0 Å².